The Bertz CT molecular complexity index is 731. The summed E-state index contributed by atoms with van der Waals surface area (Å²) in [5.41, 5.74) is 2.76. The van der Waals surface area contributed by atoms with Crippen LogP contribution in [0.5, 0.6) is 0 Å². The van der Waals surface area contributed by atoms with E-state index in [1.165, 1.54) is 0 Å². The lowest BCUT2D eigenvalue weighted by atomic mass is 10.1. The molecule has 4 heteroatoms. The van der Waals surface area contributed by atoms with E-state index >= 15 is 0 Å². The average Bonchev–Trinajstić information content (AvgIpc) is 2.84. The number of oxazole rings is 1. The Hall–Kier alpha value is -2.62. The van der Waals surface area contributed by atoms with Crippen LogP contribution in [-0.2, 0) is 11.2 Å². The summed E-state index contributed by atoms with van der Waals surface area (Å²) < 4.78 is 5.67. The van der Waals surface area contributed by atoms with E-state index in [1.54, 1.807) is 18.2 Å². The molecular weight excluding hydrogens is 242 g/mol. The molecule has 1 N–H and O–H groups in total. The van der Waals surface area contributed by atoms with Gasteiger partial charge in [0, 0.05) is 5.56 Å². The molecule has 0 fully saturated rings. The number of nitrogens with zero attached hydrogens (tertiary/aromatic N) is 1. The Morgan fingerprint density at radius 1 is 1.11 bits per heavy atom. The predicted octanol–water partition coefficient (Wildman–Crippen LogP) is 3.12. The van der Waals surface area contributed by atoms with Crippen molar-refractivity contribution in [1.29, 1.82) is 0 Å². The molecule has 1 aromatic heterocycles. The number of aliphatic carboxylic acids is 1. The van der Waals surface area contributed by atoms with Crippen LogP contribution in [0.3, 0.4) is 0 Å². The second-order valence-electron chi connectivity index (χ2n) is 4.22. The van der Waals surface area contributed by atoms with Crippen LogP contribution >= 0.6 is 0 Å². The number of aromatic nitrogens is 1. The highest BCUT2D eigenvalue weighted by Gasteiger charge is 2.12. The molecule has 0 radical (unpaired) electrons. The molecule has 0 aliphatic heterocycles. The van der Waals surface area contributed by atoms with Crippen molar-refractivity contribution in [1.82, 2.24) is 4.98 Å². The third kappa shape index (κ3) is 2.20. The summed E-state index contributed by atoms with van der Waals surface area (Å²) in [5, 5.41) is 8.89. The number of rotatable bonds is 3. The van der Waals surface area contributed by atoms with Gasteiger partial charge in [0.25, 0.3) is 0 Å². The summed E-state index contributed by atoms with van der Waals surface area (Å²) in [5.74, 6) is -0.370. The molecule has 94 valence electrons. The van der Waals surface area contributed by atoms with E-state index in [9.17, 15) is 4.79 Å². The van der Waals surface area contributed by atoms with Gasteiger partial charge in [-0.15, -0.1) is 0 Å². The molecule has 2 aromatic carbocycles. The number of para-hydroxylation sites is 1. The van der Waals surface area contributed by atoms with Crippen molar-refractivity contribution in [3.05, 3.63) is 54.1 Å². The molecule has 0 unspecified atom stereocenters. The Kier molecular flexibility index (Phi) is 2.76. The van der Waals surface area contributed by atoms with Gasteiger partial charge in [0.15, 0.2) is 5.58 Å². The summed E-state index contributed by atoms with van der Waals surface area (Å²) in [6.45, 7) is 0. The highest BCUT2D eigenvalue weighted by atomic mass is 16.4. The fourth-order valence-corrected chi connectivity index (χ4v) is 2.02. The molecule has 0 saturated heterocycles. The maximum atomic E-state index is 10.8. The van der Waals surface area contributed by atoms with Gasteiger partial charge in [0.1, 0.15) is 5.52 Å². The minimum atomic E-state index is -0.878. The number of fused-ring (bicyclic) bond motifs is 1. The average molecular weight is 253 g/mol. The molecule has 0 aliphatic carbocycles. The monoisotopic (exact) mass is 253 g/mol. The number of carboxylic acid groups (broad SMARTS) is 1. The number of benzene rings is 2. The van der Waals surface area contributed by atoms with Crippen molar-refractivity contribution in [2.75, 3.05) is 0 Å². The van der Waals surface area contributed by atoms with Gasteiger partial charge in [-0.2, -0.15) is 0 Å². The van der Waals surface area contributed by atoms with E-state index in [1.807, 2.05) is 30.3 Å². The van der Waals surface area contributed by atoms with Crippen molar-refractivity contribution in [2.24, 2.45) is 0 Å². The van der Waals surface area contributed by atoms with Gasteiger partial charge < -0.3 is 9.52 Å². The van der Waals surface area contributed by atoms with Crippen LogP contribution in [0.4, 0.5) is 0 Å². The Labute approximate surface area is 109 Å². The molecule has 0 aliphatic rings. The summed E-state index contributed by atoms with van der Waals surface area (Å²) in [4.78, 5) is 15.2. The van der Waals surface area contributed by atoms with Crippen molar-refractivity contribution < 1.29 is 14.3 Å². The largest absolute Gasteiger partial charge is 0.481 e. The van der Waals surface area contributed by atoms with Crippen molar-refractivity contribution in [3.63, 3.8) is 0 Å². The van der Waals surface area contributed by atoms with Crippen molar-refractivity contribution in [2.45, 2.75) is 6.42 Å². The number of carbonyl (C=O) groups is 1. The summed E-state index contributed by atoms with van der Waals surface area (Å²) in [6.07, 6.45) is -0.0574. The van der Waals surface area contributed by atoms with Gasteiger partial charge in [-0.3, -0.25) is 4.79 Å². The minimum Gasteiger partial charge on any atom is -0.481 e. The van der Waals surface area contributed by atoms with Crippen LogP contribution < -0.4 is 0 Å². The highest BCUT2D eigenvalue weighted by molar-refractivity contribution is 5.83. The fourth-order valence-electron chi connectivity index (χ4n) is 2.02. The first-order chi connectivity index (χ1) is 9.24. The lowest BCUT2D eigenvalue weighted by molar-refractivity contribution is -0.136. The summed E-state index contributed by atoms with van der Waals surface area (Å²) in [6, 6.07) is 14.9. The third-order valence-electron chi connectivity index (χ3n) is 2.86. The molecule has 4 nitrogen and oxygen atoms in total. The Morgan fingerprint density at radius 2 is 1.89 bits per heavy atom. The van der Waals surface area contributed by atoms with E-state index in [2.05, 4.69) is 4.98 Å². The third-order valence-corrected chi connectivity index (χ3v) is 2.86. The van der Waals surface area contributed by atoms with Gasteiger partial charge in [-0.1, -0.05) is 30.3 Å². The van der Waals surface area contributed by atoms with Crippen LogP contribution in [0.2, 0.25) is 0 Å². The van der Waals surface area contributed by atoms with E-state index in [0.717, 1.165) is 5.56 Å². The molecule has 0 amide bonds. The topological polar surface area (TPSA) is 63.3 Å². The Balaban J connectivity index is 2.13. The quantitative estimate of drug-likeness (QED) is 0.778. The first-order valence-corrected chi connectivity index (χ1v) is 5.90. The van der Waals surface area contributed by atoms with Crippen LogP contribution in [-0.4, -0.2) is 16.1 Å². The lowest BCUT2D eigenvalue weighted by Crippen LogP contribution is -2.00. The van der Waals surface area contributed by atoms with Gasteiger partial charge in [0.2, 0.25) is 5.89 Å². The predicted molar refractivity (Wildman–Crippen MR) is 70.8 cm³/mol. The lowest BCUT2D eigenvalue weighted by Gasteiger charge is -1.95. The SMILES string of the molecule is O=C(O)Cc1cccc2oc(-c3ccccc3)nc12. The molecule has 0 spiro atoms. The second kappa shape index (κ2) is 4.57. The van der Waals surface area contributed by atoms with Gasteiger partial charge in [-0.25, -0.2) is 4.98 Å². The number of hydrogen-bond donors (Lipinski definition) is 1. The molecule has 19 heavy (non-hydrogen) atoms. The maximum absolute atomic E-state index is 10.8. The van der Waals surface area contributed by atoms with Crippen molar-refractivity contribution in [3.8, 4) is 11.5 Å². The first-order valence-electron chi connectivity index (χ1n) is 5.90. The molecule has 1 heterocycles. The standard InChI is InChI=1S/C15H11NO3/c17-13(18)9-11-7-4-8-12-14(11)16-15(19-12)10-5-2-1-3-6-10/h1-8H,9H2,(H,17,18). The fraction of sp³-hybridized carbons (Fsp3) is 0.0667. The van der Waals surface area contributed by atoms with E-state index in [-0.39, 0.29) is 6.42 Å². The summed E-state index contributed by atoms with van der Waals surface area (Å²) in [7, 11) is 0. The van der Waals surface area contributed by atoms with Crippen LogP contribution in [0, 0.1) is 0 Å². The number of hydrogen-bond acceptors (Lipinski definition) is 3. The normalized spacial score (nSPS) is 10.7. The molecular formula is C15H11NO3. The first kappa shape index (κ1) is 11.5. The minimum absolute atomic E-state index is 0.0574. The molecule has 3 aromatic rings. The van der Waals surface area contributed by atoms with E-state index in [0.29, 0.717) is 22.6 Å². The van der Waals surface area contributed by atoms with Gasteiger partial charge in [0.05, 0.1) is 6.42 Å². The van der Waals surface area contributed by atoms with Crippen LogP contribution in [0.15, 0.2) is 52.9 Å². The zero-order chi connectivity index (χ0) is 13.2. The van der Waals surface area contributed by atoms with Crippen LogP contribution in [0.25, 0.3) is 22.6 Å². The molecule has 0 atom stereocenters. The zero-order valence-electron chi connectivity index (χ0n) is 10.0. The van der Waals surface area contributed by atoms with Gasteiger partial charge >= 0.3 is 5.97 Å². The zero-order valence-corrected chi connectivity index (χ0v) is 10.0. The molecule has 0 bridgehead atoms. The van der Waals surface area contributed by atoms with Crippen LogP contribution in [0.1, 0.15) is 5.56 Å². The van der Waals surface area contributed by atoms with Crippen molar-refractivity contribution >= 4 is 17.1 Å². The maximum Gasteiger partial charge on any atom is 0.307 e. The number of carboxylic acids is 1. The molecule has 3 rings (SSSR count). The second-order valence-corrected chi connectivity index (χ2v) is 4.22. The molecule has 0 saturated carbocycles. The van der Waals surface area contributed by atoms with Gasteiger partial charge in [-0.05, 0) is 23.8 Å². The highest BCUT2D eigenvalue weighted by Crippen LogP contribution is 2.26. The van der Waals surface area contributed by atoms with E-state index in [4.69, 9.17) is 9.52 Å². The summed E-state index contributed by atoms with van der Waals surface area (Å²) >= 11 is 0. The smallest absolute Gasteiger partial charge is 0.307 e. The Morgan fingerprint density at radius 3 is 2.63 bits per heavy atom. The van der Waals surface area contributed by atoms with E-state index < -0.39 is 5.97 Å².